The molecule has 0 aliphatic heterocycles. The van der Waals surface area contributed by atoms with E-state index < -0.39 is 11.7 Å². The molecule has 2 aromatic rings. The summed E-state index contributed by atoms with van der Waals surface area (Å²) in [6.45, 7) is 9.61. The van der Waals surface area contributed by atoms with Crippen molar-refractivity contribution in [3.8, 4) is 0 Å². The number of carbonyl (C=O) groups is 1. The molecule has 1 aromatic heterocycles. The number of hydrogen-bond acceptors (Lipinski definition) is 3. The van der Waals surface area contributed by atoms with E-state index in [1.807, 2.05) is 25.6 Å². The first-order valence-corrected chi connectivity index (χ1v) is 9.90. The molecular weight excluding hydrogens is 498 g/mol. The molecule has 9 heteroatoms. The van der Waals surface area contributed by atoms with Gasteiger partial charge in [-0.2, -0.15) is 5.10 Å². The molecular formula is C21H32FIN6O. The lowest BCUT2D eigenvalue weighted by Gasteiger charge is -2.18. The first-order chi connectivity index (χ1) is 13.8. The van der Waals surface area contributed by atoms with Crippen molar-refractivity contribution in [2.75, 3.05) is 19.6 Å². The van der Waals surface area contributed by atoms with Crippen LogP contribution in [-0.2, 0) is 13.5 Å². The first kappa shape index (κ1) is 25.9. The van der Waals surface area contributed by atoms with Gasteiger partial charge in [-0.05, 0) is 51.8 Å². The van der Waals surface area contributed by atoms with Crippen LogP contribution in [0.3, 0.4) is 0 Å². The van der Waals surface area contributed by atoms with Crippen LogP contribution in [-0.4, -0.2) is 47.3 Å². The number of aromatic nitrogens is 2. The highest BCUT2D eigenvalue weighted by Crippen LogP contribution is 2.14. The Labute approximate surface area is 194 Å². The predicted molar refractivity (Wildman–Crippen MR) is 129 cm³/mol. The number of hydrogen-bond donors (Lipinski definition) is 3. The van der Waals surface area contributed by atoms with Crippen molar-refractivity contribution in [2.45, 2.75) is 40.2 Å². The van der Waals surface area contributed by atoms with Gasteiger partial charge in [-0.3, -0.25) is 14.5 Å². The van der Waals surface area contributed by atoms with Crippen LogP contribution in [0.4, 0.5) is 4.39 Å². The Kier molecular flexibility index (Phi) is 10.8. The van der Waals surface area contributed by atoms with Crippen molar-refractivity contribution in [1.82, 2.24) is 25.7 Å². The lowest BCUT2D eigenvalue weighted by molar-refractivity contribution is 0.0951. The number of nitrogens with one attached hydrogen (secondary N) is 3. The van der Waals surface area contributed by atoms with Crippen LogP contribution >= 0.6 is 24.0 Å². The molecule has 166 valence electrons. The minimum atomic E-state index is -0.529. The smallest absolute Gasteiger partial charge is 0.254 e. The molecule has 3 N–H and O–H groups in total. The highest BCUT2D eigenvalue weighted by molar-refractivity contribution is 14.0. The molecule has 0 spiro atoms. The van der Waals surface area contributed by atoms with Crippen molar-refractivity contribution in [3.05, 3.63) is 52.6 Å². The highest BCUT2D eigenvalue weighted by atomic mass is 127. The number of benzene rings is 1. The second-order valence-corrected chi connectivity index (χ2v) is 7.02. The van der Waals surface area contributed by atoms with Crippen LogP contribution < -0.4 is 16.0 Å². The molecule has 1 amide bonds. The van der Waals surface area contributed by atoms with Gasteiger partial charge < -0.3 is 16.0 Å². The van der Waals surface area contributed by atoms with Crippen molar-refractivity contribution in [3.63, 3.8) is 0 Å². The summed E-state index contributed by atoms with van der Waals surface area (Å²) >= 11 is 0. The van der Waals surface area contributed by atoms with E-state index in [9.17, 15) is 9.18 Å². The van der Waals surface area contributed by atoms with Crippen molar-refractivity contribution < 1.29 is 9.18 Å². The van der Waals surface area contributed by atoms with E-state index >= 15 is 0 Å². The molecule has 1 atom stereocenters. The fourth-order valence-corrected chi connectivity index (χ4v) is 3.10. The zero-order valence-electron chi connectivity index (χ0n) is 18.3. The molecule has 0 aliphatic rings. The Morgan fingerprint density at radius 2 is 1.97 bits per heavy atom. The average Bonchev–Trinajstić information content (AvgIpc) is 2.91. The van der Waals surface area contributed by atoms with Gasteiger partial charge in [0.15, 0.2) is 5.96 Å². The summed E-state index contributed by atoms with van der Waals surface area (Å²) in [5.74, 6) is -0.287. The van der Waals surface area contributed by atoms with Gasteiger partial charge >= 0.3 is 0 Å². The van der Waals surface area contributed by atoms with Crippen LogP contribution in [0.15, 0.2) is 29.3 Å². The molecule has 30 heavy (non-hydrogen) atoms. The SMILES string of the molecule is CCNC(=NCCNC(=O)c1ccccc1F)NC(C)Cc1c(C)nn(C)c1C.I. The lowest BCUT2D eigenvalue weighted by Crippen LogP contribution is -2.43. The van der Waals surface area contributed by atoms with E-state index in [4.69, 9.17) is 0 Å². The Balaban J connectivity index is 0.00000450. The third-order valence-electron chi connectivity index (χ3n) is 4.68. The van der Waals surface area contributed by atoms with Crippen molar-refractivity contribution in [1.29, 1.82) is 0 Å². The fourth-order valence-electron chi connectivity index (χ4n) is 3.10. The van der Waals surface area contributed by atoms with Crippen LogP contribution in [0.2, 0.25) is 0 Å². The minimum absolute atomic E-state index is 0. The molecule has 0 saturated carbocycles. The van der Waals surface area contributed by atoms with E-state index in [0.29, 0.717) is 19.0 Å². The van der Waals surface area contributed by atoms with Gasteiger partial charge in [0.1, 0.15) is 5.82 Å². The normalized spacial score (nSPS) is 12.1. The Hall–Kier alpha value is -2.17. The fraction of sp³-hybridized carbons (Fsp3) is 0.476. The first-order valence-electron chi connectivity index (χ1n) is 9.90. The second kappa shape index (κ2) is 12.5. The maximum atomic E-state index is 13.6. The molecule has 0 radical (unpaired) electrons. The van der Waals surface area contributed by atoms with Crippen LogP contribution in [0.5, 0.6) is 0 Å². The molecule has 1 heterocycles. The summed E-state index contributed by atoms with van der Waals surface area (Å²) in [5, 5.41) is 13.8. The summed E-state index contributed by atoms with van der Waals surface area (Å²) in [7, 11) is 1.95. The number of halogens is 2. The van der Waals surface area contributed by atoms with Crippen LogP contribution in [0, 0.1) is 19.7 Å². The highest BCUT2D eigenvalue weighted by Gasteiger charge is 2.14. The number of aryl methyl sites for hydroxylation is 2. The van der Waals surface area contributed by atoms with Crippen molar-refractivity contribution >= 4 is 35.8 Å². The summed E-state index contributed by atoms with van der Waals surface area (Å²) in [4.78, 5) is 16.5. The minimum Gasteiger partial charge on any atom is -0.357 e. The number of aliphatic imine (C=N–C) groups is 1. The van der Waals surface area contributed by atoms with E-state index in [1.165, 1.54) is 17.7 Å². The van der Waals surface area contributed by atoms with Gasteiger partial charge in [0, 0.05) is 31.9 Å². The van der Waals surface area contributed by atoms with E-state index in [2.05, 4.69) is 39.9 Å². The predicted octanol–water partition coefficient (Wildman–Crippen LogP) is 2.71. The van der Waals surface area contributed by atoms with Crippen molar-refractivity contribution in [2.24, 2.45) is 12.0 Å². The van der Waals surface area contributed by atoms with E-state index in [1.54, 1.807) is 12.1 Å². The summed E-state index contributed by atoms with van der Waals surface area (Å²) < 4.78 is 15.5. The largest absolute Gasteiger partial charge is 0.357 e. The molecule has 0 bridgehead atoms. The van der Waals surface area contributed by atoms with Gasteiger partial charge in [0.2, 0.25) is 0 Å². The van der Waals surface area contributed by atoms with Gasteiger partial charge in [0.25, 0.3) is 5.91 Å². The molecule has 0 aliphatic carbocycles. The molecule has 0 fully saturated rings. The Morgan fingerprint density at radius 3 is 2.57 bits per heavy atom. The third kappa shape index (κ3) is 7.26. The molecule has 0 saturated heterocycles. The monoisotopic (exact) mass is 530 g/mol. The zero-order valence-corrected chi connectivity index (χ0v) is 20.6. The van der Waals surface area contributed by atoms with Gasteiger partial charge in [-0.15, -0.1) is 24.0 Å². The summed E-state index contributed by atoms with van der Waals surface area (Å²) in [6, 6.07) is 6.08. The van der Waals surface area contributed by atoms with E-state index in [-0.39, 0.29) is 35.6 Å². The summed E-state index contributed by atoms with van der Waals surface area (Å²) in [6.07, 6.45) is 0.833. The molecule has 1 unspecified atom stereocenters. The second-order valence-electron chi connectivity index (χ2n) is 7.02. The van der Waals surface area contributed by atoms with E-state index in [0.717, 1.165) is 24.4 Å². The standard InChI is InChI=1S/C21H31FN6O.HI/c1-6-23-21(26-14(2)13-18-15(3)27-28(5)16(18)4)25-12-11-24-20(29)17-9-7-8-10-19(17)22;/h7-10,14H,6,11-13H2,1-5H3,(H,24,29)(H2,23,25,26);1H. The molecule has 7 nitrogen and oxygen atoms in total. The van der Waals surface area contributed by atoms with Crippen LogP contribution in [0.25, 0.3) is 0 Å². The number of guanidine groups is 1. The average molecular weight is 530 g/mol. The lowest BCUT2D eigenvalue weighted by atomic mass is 10.1. The summed E-state index contributed by atoms with van der Waals surface area (Å²) in [5.41, 5.74) is 3.48. The number of amides is 1. The molecule has 2 rings (SSSR count). The van der Waals surface area contributed by atoms with Gasteiger partial charge in [-0.1, -0.05) is 12.1 Å². The zero-order chi connectivity index (χ0) is 21.4. The number of rotatable bonds is 8. The van der Waals surface area contributed by atoms with Crippen LogP contribution in [0.1, 0.15) is 41.2 Å². The van der Waals surface area contributed by atoms with Gasteiger partial charge in [-0.25, -0.2) is 4.39 Å². The third-order valence-corrected chi connectivity index (χ3v) is 4.68. The Morgan fingerprint density at radius 1 is 1.27 bits per heavy atom. The number of nitrogens with zero attached hydrogens (tertiary/aromatic N) is 3. The Bertz CT molecular complexity index is 867. The topological polar surface area (TPSA) is 83.3 Å². The maximum absolute atomic E-state index is 13.6. The quantitative estimate of drug-likeness (QED) is 0.212. The maximum Gasteiger partial charge on any atom is 0.254 e. The number of carbonyl (C=O) groups excluding carboxylic acids is 1. The van der Waals surface area contributed by atoms with Gasteiger partial charge in [0.05, 0.1) is 17.8 Å². The molecule has 1 aromatic carbocycles.